The minimum absolute atomic E-state index is 0.114. The van der Waals surface area contributed by atoms with E-state index in [1.165, 1.54) is 0 Å². The van der Waals surface area contributed by atoms with Crippen molar-refractivity contribution in [1.82, 2.24) is 0 Å². The lowest BCUT2D eigenvalue weighted by Crippen LogP contribution is -2.05. The minimum Gasteiger partial charge on any atom is -0.355 e. The number of allylic oxidation sites excluding steroid dienone is 3. The average Bonchev–Trinajstić information content (AvgIpc) is 2.45. The van der Waals surface area contributed by atoms with E-state index in [0.717, 1.165) is 41.8 Å². The Morgan fingerprint density at radius 1 is 1.19 bits per heavy atom. The van der Waals surface area contributed by atoms with Crippen LogP contribution in [0, 0.1) is 0 Å². The summed E-state index contributed by atoms with van der Waals surface area (Å²) in [4.78, 5) is 12.0. The van der Waals surface area contributed by atoms with Gasteiger partial charge in [0.15, 0.2) is 5.78 Å². The first-order valence-electron chi connectivity index (χ1n) is 5.66. The summed E-state index contributed by atoms with van der Waals surface area (Å²) in [7, 11) is 0. The lowest BCUT2D eigenvalue weighted by Gasteiger charge is -2.16. The topological polar surface area (TPSA) is 29.1 Å². The van der Waals surface area contributed by atoms with Crippen LogP contribution in [0.1, 0.15) is 29.6 Å². The highest BCUT2D eigenvalue weighted by atomic mass is 16.1. The molecule has 0 spiro atoms. The molecule has 1 aromatic carbocycles. The van der Waals surface area contributed by atoms with Crippen LogP contribution < -0.4 is 5.32 Å². The molecular formula is C14H13NO. The molecule has 2 nitrogen and oxygen atoms in total. The molecule has 16 heavy (non-hydrogen) atoms. The molecule has 0 radical (unpaired) electrons. The Kier molecular flexibility index (Phi) is 2.13. The molecule has 1 aromatic rings. The highest BCUT2D eigenvalue weighted by Gasteiger charge is 2.19. The molecule has 1 aliphatic heterocycles. The molecule has 2 heteroatoms. The molecule has 0 amide bonds. The number of carbonyl (C=O) groups is 1. The minimum atomic E-state index is 0.114. The van der Waals surface area contributed by atoms with Crippen molar-refractivity contribution in [2.24, 2.45) is 0 Å². The van der Waals surface area contributed by atoms with Crippen LogP contribution in [-0.2, 0) is 0 Å². The molecule has 0 unspecified atom stereocenters. The Labute approximate surface area is 94.7 Å². The average molecular weight is 211 g/mol. The largest absolute Gasteiger partial charge is 0.355 e. The van der Waals surface area contributed by atoms with Gasteiger partial charge in [-0.15, -0.1) is 0 Å². The maximum Gasteiger partial charge on any atom is 0.188 e. The SMILES string of the molecule is O=C1C=C2CCCC=C2Nc2ccccc21. The van der Waals surface area contributed by atoms with Gasteiger partial charge in [-0.05, 0) is 43.0 Å². The summed E-state index contributed by atoms with van der Waals surface area (Å²) >= 11 is 0. The van der Waals surface area contributed by atoms with Gasteiger partial charge in [0.1, 0.15) is 0 Å². The molecule has 2 aliphatic rings. The zero-order valence-electron chi connectivity index (χ0n) is 8.99. The molecule has 80 valence electrons. The van der Waals surface area contributed by atoms with Crippen molar-refractivity contribution in [3.8, 4) is 0 Å². The van der Waals surface area contributed by atoms with Gasteiger partial charge in [0.25, 0.3) is 0 Å². The maximum atomic E-state index is 12.0. The molecule has 0 saturated heterocycles. The van der Waals surface area contributed by atoms with E-state index in [0.29, 0.717) is 0 Å². The van der Waals surface area contributed by atoms with Gasteiger partial charge >= 0.3 is 0 Å². The van der Waals surface area contributed by atoms with Gasteiger partial charge in [-0.3, -0.25) is 4.79 Å². The molecule has 1 aliphatic carbocycles. The Morgan fingerprint density at radius 2 is 2.06 bits per heavy atom. The van der Waals surface area contributed by atoms with E-state index in [-0.39, 0.29) is 5.78 Å². The summed E-state index contributed by atoms with van der Waals surface area (Å²) < 4.78 is 0. The molecule has 1 heterocycles. The lowest BCUT2D eigenvalue weighted by atomic mass is 9.97. The predicted molar refractivity (Wildman–Crippen MR) is 64.4 cm³/mol. The van der Waals surface area contributed by atoms with Crippen molar-refractivity contribution in [1.29, 1.82) is 0 Å². The van der Waals surface area contributed by atoms with Gasteiger partial charge in [-0.1, -0.05) is 18.2 Å². The number of para-hydroxylation sites is 1. The van der Waals surface area contributed by atoms with Gasteiger partial charge < -0.3 is 5.32 Å². The van der Waals surface area contributed by atoms with E-state index in [1.807, 2.05) is 24.3 Å². The third-order valence-corrected chi connectivity index (χ3v) is 3.11. The molecule has 0 bridgehead atoms. The number of carbonyl (C=O) groups excluding carboxylic acids is 1. The van der Waals surface area contributed by atoms with E-state index in [4.69, 9.17) is 0 Å². The molecule has 0 aromatic heterocycles. The fraction of sp³-hybridized carbons (Fsp3) is 0.214. The van der Waals surface area contributed by atoms with Gasteiger partial charge in [0.2, 0.25) is 0 Å². The first-order valence-corrected chi connectivity index (χ1v) is 5.66. The number of hydrogen-bond acceptors (Lipinski definition) is 2. The van der Waals surface area contributed by atoms with E-state index >= 15 is 0 Å². The van der Waals surface area contributed by atoms with Crippen molar-refractivity contribution < 1.29 is 4.79 Å². The zero-order valence-corrected chi connectivity index (χ0v) is 8.99. The predicted octanol–water partition coefficient (Wildman–Crippen LogP) is 3.29. The molecule has 0 fully saturated rings. The standard InChI is InChI=1S/C14H13NO/c16-14-9-10-5-1-3-7-12(10)15-13-8-4-2-6-11(13)14/h2,4,6-9,15H,1,3,5H2. The van der Waals surface area contributed by atoms with Crippen LogP contribution in [0.4, 0.5) is 5.69 Å². The van der Waals surface area contributed by atoms with E-state index < -0.39 is 0 Å². The number of fused-ring (bicyclic) bond motifs is 2. The van der Waals surface area contributed by atoms with Crippen LogP contribution in [0.5, 0.6) is 0 Å². The Hall–Kier alpha value is -1.83. The number of nitrogens with one attached hydrogen (secondary N) is 1. The van der Waals surface area contributed by atoms with Crippen LogP contribution >= 0.6 is 0 Å². The second kappa shape index (κ2) is 3.63. The van der Waals surface area contributed by atoms with Crippen LogP contribution in [0.3, 0.4) is 0 Å². The van der Waals surface area contributed by atoms with E-state index in [2.05, 4.69) is 11.4 Å². The number of ketones is 1. The number of hydrogen-bond donors (Lipinski definition) is 1. The number of benzene rings is 1. The fourth-order valence-electron chi connectivity index (χ4n) is 2.27. The van der Waals surface area contributed by atoms with Crippen molar-refractivity contribution in [3.63, 3.8) is 0 Å². The highest BCUT2D eigenvalue weighted by Crippen LogP contribution is 2.30. The van der Waals surface area contributed by atoms with Gasteiger partial charge in [-0.25, -0.2) is 0 Å². The molecule has 3 rings (SSSR count). The van der Waals surface area contributed by atoms with Crippen LogP contribution in [0.15, 0.2) is 47.7 Å². The van der Waals surface area contributed by atoms with Crippen molar-refractivity contribution in [3.05, 3.63) is 53.3 Å². The number of rotatable bonds is 0. The second-order valence-corrected chi connectivity index (χ2v) is 4.21. The normalized spacial score (nSPS) is 18.6. The lowest BCUT2D eigenvalue weighted by molar-refractivity contribution is 0.104. The quantitative estimate of drug-likeness (QED) is 0.713. The van der Waals surface area contributed by atoms with E-state index in [9.17, 15) is 4.79 Å². The smallest absolute Gasteiger partial charge is 0.188 e. The number of anilines is 1. The van der Waals surface area contributed by atoms with Crippen LogP contribution in [0.2, 0.25) is 0 Å². The first kappa shape index (κ1) is 9.40. The Morgan fingerprint density at radius 3 is 3.00 bits per heavy atom. The Bertz CT molecular complexity index is 511. The third-order valence-electron chi connectivity index (χ3n) is 3.11. The summed E-state index contributed by atoms with van der Waals surface area (Å²) in [5.41, 5.74) is 3.95. The summed E-state index contributed by atoms with van der Waals surface area (Å²) in [6, 6.07) is 7.69. The summed E-state index contributed by atoms with van der Waals surface area (Å²) in [6.07, 6.45) is 7.20. The summed E-state index contributed by atoms with van der Waals surface area (Å²) in [5, 5.41) is 3.36. The van der Waals surface area contributed by atoms with Gasteiger partial charge in [-0.2, -0.15) is 0 Å². The van der Waals surface area contributed by atoms with Gasteiger partial charge in [0, 0.05) is 16.9 Å². The van der Waals surface area contributed by atoms with Crippen molar-refractivity contribution in [2.75, 3.05) is 5.32 Å². The fourth-order valence-corrected chi connectivity index (χ4v) is 2.27. The van der Waals surface area contributed by atoms with Crippen LogP contribution in [0.25, 0.3) is 0 Å². The highest BCUT2D eigenvalue weighted by molar-refractivity contribution is 6.10. The van der Waals surface area contributed by atoms with E-state index in [1.54, 1.807) is 6.08 Å². The van der Waals surface area contributed by atoms with Crippen molar-refractivity contribution in [2.45, 2.75) is 19.3 Å². The third kappa shape index (κ3) is 1.47. The molecule has 0 atom stereocenters. The van der Waals surface area contributed by atoms with Crippen LogP contribution in [-0.4, -0.2) is 5.78 Å². The second-order valence-electron chi connectivity index (χ2n) is 4.21. The molecule has 1 N–H and O–H groups in total. The monoisotopic (exact) mass is 211 g/mol. The van der Waals surface area contributed by atoms with Crippen molar-refractivity contribution >= 4 is 11.5 Å². The first-order chi connectivity index (χ1) is 7.84. The molecule has 0 saturated carbocycles. The Balaban J connectivity index is 2.14. The zero-order chi connectivity index (χ0) is 11.0. The molecular weight excluding hydrogens is 198 g/mol. The summed E-state index contributed by atoms with van der Waals surface area (Å²) in [6.45, 7) is 0. The van der Waals surface area contributed by atoms with Gasteiger partial charge in [0.05, 0.1) is 0 Å². The maximum absolute atomic E-state index is 12.0. The summed E-state index contributed by atoms with van der Waals surface area (Å²) in [5.74, 6) is 0.114.